The summed E-state index contributed by atoms with van der Waals surface area (Å²) in [5.41, 5.74) is 0. The second-order valence-corrected chi connectivity index (χ2v) is 3.96. The zero-order chi connectivity index (χ0) is 10.8. The van der Waals surface area contributed by atoms with E-state index in [0.717, 1.165) is 25.6 Å². The van der Waals surface area contributed by atoms with Crippen LogP contribution in [0, 0.1) is 5.92 Å². The highest BCUT2D eigenvalue weighted by molar-refractivity contribution is 4.74. The van der Waals surface area contributed by atoms with E-state index < -0.39 is 0 Å². The van der Waals surface area contributed by atoms with Crippen molar-refractivity contribution in [2.45, 2.75) is 27.2 Å². The summed E-state index contributed by atoms with van der Waals surface area (Å²) >= 11 is 0. The lowest BCUT2D eigenvalue weighted by atomic mass is 10.1. The molecule has 1 atom stereocenters. The molecule has 0 fully saturated rings. The van der Waals surface area contributed by atoms with Crippen LogP contribution in [-0.2, 0) is 0 Å². The number of nitrogens with zero attached hydrogens (tertiary/aromatic N) is 1. The van der Waals surface area contributed by atoms with E-state index in [1.165, 1.54) is 19.5 Å². The van der Waals surface area contributed by atoms with E-state index in [1.807, 2.05) is 6.08 Å². The van der Waals surface area contributed by atoms with Crippen LogP contribution >= 0.6 is 0 Å². The van der Waals surface area contributed by atoms with Crippen molar-refractivity contribution in [1.82, 2.24) is 10.2 Å². The smallest absolute Gasteiger partial charge is 0.0160 e. The van der Waals surface area contributed by atoms with Gasteiger partial charge in [0.25, 0.3) is 0 Å². The van der Waals surface area contributed by atoms with Crippen LogP contribution in [0.3, 0.4) is 0 Å². The first-order valence-electron chi connectivity index (χ1n) is 5.78. The van der Waals surface area contributed by atoms with Gasteiger partial charge in [-0.25, -0.2) is 0 Å². The van der Waals surface area contributed by atoms with E-state index in [0.29, 0.717) is 0 Å². The molecule has 0 rings (SSSR count). The van der Waals surface area contributed by atoms with Crippen LogP contribution < -0.4 is 5.32 Å². The molecule has 0 aromatic heterocycles. The summed E-state index contributed by atoms with van der Waals surface area (Å²) in [7, 11) is 0. The number of hydrogen-bond acceptors (Lipinski definition) is 2. The van der Waals surface area contributed by atoms with Crippen LogP contribution in [-0.4, -0.2) is 37.6 Å². The van der Waals surface area contributed by atoms with E-state index in [4.69, 9.17) is 0 Å². The Labute approximate surface area is 89.4 Å². The molecule has 14 heavy (non-hydrogen) atoms. The summed E-state index contributed by atoms with van der Waals surface area (Å²) < 4.78 is 0. The minimum atomic E-state index is 0.724. The quantitative estimate of drug-likeness (QED) is 0.571. The zero-order valence-electron chi connectivity index (χ0n) is 10.1. The maximum absolute atomic E-state index is 3.79. The molecule has 0 aliphatic heterocycles. The predicted octanol–water partition coefficient (Wildman–Crippen LogP) is 2.13. The van der Waals surface area contributed by atoms with Gasteiger partial charge in [-0.2, -0.15) is 0 Å². The third-order valence-corrected chi connectivity index (χ3v) is 2.24. The minimum Gasteiger partial charge on any atom is -0.317 e. The van der Waals surface area contributed by atoms with Gasteiger partial charge in [-0.05, 0) is 32.0 Å². The van der Waals surface area contributed by atoms with Crippen molar-refractivity contribution >= 4 is 0 Å². The van der Waals surface area contributed by atoms with Gasteiger partial charge in [-0.15, -0.1) is 6.58 Å². The van der Waals surface area contributed by atoms with Crippen molar-refractivity contribution in [2.75, 3.05) is 32.7 Å². The lowest BCUT2D eigenvalue weighted by Crippen LogP contribution is -2.34. The molecule has 0 radical (unpaired) electrons. The average Bonchev–Trinajstić information content (AvgIpc) is 2.15. The van der Waals surface area contributed by atoms with E-state index in [9.17, 15) is 0 Å². The van der Waals surface area contributed by atoms with Crippen LogP contribution in [0.15, 0.2) is 12.7 Å². The molecule has 0 aliphatic rings. The Balaban J connectivity index is 3.70. The molecule has 2 nitrogen and oxygen atoms in total. The lowest BCUT2D eigenvalue weighted by Gasteiger charge is -2.24. The number of hydrogen-bond donors (Lipinski definition) is 1. The molecule has 0 saturated heterocycles. The summed E-state index contributed by atoms with van der Waals surface area (Å²) in [6, 6.07) is 0. The third-order valence-electron chi connectivity index (χ3n) is 2.24. The van der Waals surface area contributed by atoms with Crippen molar-refractivity contribution < 1.29 is 0 Å². The molecule has 0 heterocycles. The average molecular weight is 198 g/mol. The van der Waals surface area contributed by atoms with E-state index in [-0.39, 0.29) is 0 Å². The molecular formula is C12H26N2. The van der Waals surface area contributed by atoms with Gasteiger partial charge in [-0.1, -0.05) is 26.8 Å². The van der Waals surface area contributed by atoms with Crippen molar-refractivity contribution in [1.29, 1.82) is 0 Å². The summed E-state index contributed by atoms with van der Waals surface area (Å²) in [6.45, 7) is 16.0. The monoisotopic (exact) mass is 198 g/mol. The van der Waals surface area contributed by atoms with Crippen LogP contribution in [0.4, 0.5) is 0 Å². The highest BCUT2D eigenvalue weighted by Crippen LogP contribution is 2.00. The van der Waals surface area contributed by atoms with Gasteiger partial charge in [0.1, 0.15) is 0 Å². The zero-order valence-corrected chi connectivity index (χ0v) is 10.1. The normalized spacial score (nSPS) is 13.1. The Morgan fingerprint density at radius 1 is 1.43 bits per heavy atom. The first kappa shape index (κ1) is 13.7. The molecule has 84 valence electrons. The topological polar surface area (TPSA) is 15.3 Å². The van der Waals surface area contributed by atoms with Gasteiger partial charge < -0.3 is 5.32 Å². The van der Waals surface area contributed by atoms with Gasteiger partial charge in [0.15, 0.2) is 0 Å². The first-order valence-corrected chi connectivity index (χ1v) is 5.78. The molecule has 1 N–H and O–H groups in total. The molecule has 0 saturated carbocycles. The fraction of sp³-hybridized carbons (Fsp3) is 0.833. The van der Waals surface area contributed by atoms with Crippen LogP contribution in [0.5, 0.6) is 0 Å². The molecule has 0 amide bonds. The Bertz CT molecular complexity index is 134. The summed E-state index contributed by atoms with van der Waals surface area (Å²) in [5.74, 6) is 0.724. The van der Waals surface area contributed by atoms with E-state index in [1.54, 1.807) is 0 Å². The van der Waals surface area contributed by atoms with Gasteiger partial charge in [0.05, 0.1) is 0 Å². The van der Waals surface area contributed by atoms with Crippen molar-refractivity contribution in [3.8, 4) is 0 Å². The van der Waals surface area contributed by atoms with Crippen molar-refractivity contribution in [3.63, 3.8) is 0 Å². The maximum atomic E-state index is 3.79. The standard InChI is InChI=1S/C12H26N2/c1-5-8-14(9-6-2)11-12(4)10-13-7-3/h5,12-13H,1,6-11H2,2-4H3. The van der Waals surface area contributed by atoms with E-state index in [2.05, 4.69) is 37.6 Å². The maximum Gasteiger partial charge on any atom is 0.0160 e. The SMILES string of the molecule is C=CCN(CCC)CC(C)CNCC. The summed E-state index contributed by atoms with van der Waals surface area (Å²) in [5, 5.41) is 3.39. The third kappa shape index (κ3) is 7.10. The van der Waals surface area contributed by atoms with Crippen molar-refractivity contribution in [2.24, 2.45) is 5.92 Å². The largest absolute Gasteiger partial charge is 0.317 e. The summed E-state index contributed by atoms with van der Waals surface area (Å²) in [6.07, 6.45) is 3.22. The van der Waals surface area contributed by atoms with Gasteiger partial charge in [-0.3, -0.25) is 4.90 Å². The van der Waals surface area contributed by atoms with Crippen molar-refractivity contribution in [3.05, 3.63) is 12.7 Å². The Hall–Kier alpha value is -0.340. The molecule has 0 bridgehead atoms. The second-order valence-electron chi connectivity index (χ2n) is 3.96. The second kappa shape index (κ2) is 9.22. The Morgan fingerprint density at radius 3 is 2.64 bits per heavy atom. The van der Waals surface area contributed by atoms with Crippen LogP contribution in [0.2, 0.25) is 0 Å². The molecule has 2 heteroatoms. The predicted molar refractivity (Wildman–Crippen MR) is 64.6 cm³/mol. The molecule has 0 spiro atoms. The number of nitrogens with one attached hydrogen (secondary N) is 1. The Kier molecular flexibility index (Phi) is 9.00. The first-order chi connectivity index (χ1) is 6.74. The fourth-order valence-electron chi connectivity index (χ4n) is 1.65. The molecule has 0 aromatic carbocycles. The van der Waals surface area contributed by atoms with Gasteiger partial charge in [0, 0.05) is 13.1 Å². The lowest BCUT2D eigenvalue weighted by molar-refractivity contribution is 0.257. The number of rotatable bonds is 9. The van der Waals surface area contributed by atoms with Gasteiger partial charge >= 0.3 is 0 Å². The highest BCUT2D eigenvalue weighted by Gasteiger charge is 2.07. The van der Waals surface area contributed by atoms with Crippen LogP contribution in [0.1, 0.15) is 27.2 Å². The van der Waals surface area contributed by atoms with Crippen LogP contribution in [0.25, 0.3) is 0 Å². The highest BCUT2D eigenvalue weighted by atomic mass is 15.1. The molecular weight excluding hydrogens is 172 g/mol. The summed E-state index contributed by atoms with van der Waals surface area (Å²) in [4.78, 5) is 2.47. The Morgan fingerprint density at radius 2 is 2.14 bits per heavy atom. The minimum absolute atomic E-state index is 0.724. The van der Waals surface area contributed by atoms with E-state index >= 15 is 0 Å². The van der Waals surface area contributed by atoms with Gasteiger partial charge in [0.2, 0.25) is 0 Å². The fourth-order valence-corrected chi connectivity index (χ4v) is 1.65. The molecule has 0 aromatic rings. The molecule has 0 aliphatic carbocycles. The molecule has 1 unspecified atom stereocenters.